The summed E-state index contributed by atoms with van der Waals surface area (Å²) in [6.07, 6.45) is 1.63. The van der Waals surface area contributed by atoms with Crippen LogP contribution in [0.4, 0.5) is 4.79 Å². The van der Waals surface area contributed by atoms with Gasteiger partial charge in [-0.05, 0) is 44.3 Å². The molecule has 1 fully saturated rings. The molecule has 0 spiro atoms. The van der Waals surface area contributed by atoms with Crippen LogP contribution in [-0.4, -0.2) is 60.6 Å². The number of rotatable bonds is 9. The molecular formula is C24H36Cl2N2O5. The molecule has 1 aromatic carbocycles. The minimum absolute atomic E-state index is 0. The first-order valence-electron chi connectivity index (χ1n) is 11.3. The standard InChI is InChI=1S/C24H35ClN2O5.ClH/c1-6-27(7-2)21(17(3)4)22(29)31-16-32-23(30)26(5)24(15-11-10-14-20(24)28)18-12-8-9-13-19(18)25;/h8-9,12-13,17,21H,6-7,10-11,14-16H2,1-5H3;1H/t21?,24-;/m0./s1. The van der Waals surface area contributed by atoms with E-state index in [-0.39, 0.29) is 24.1 Å². The molecule has 2 atom stereocenters. The lowest BCUT2D eigenvalue weighted by Gasteiger charge is -2.43. The van der Waals surface area contributed by atoms with Crippen LogP contribution >= 0.6 is 24.0 Å². The third kappa shape index (κ3) is 6.40. The minimum Gasteiger partial charge on any atom is -0.427 e. The van der Waals surface area contributed by atoms with Crippen LogP contribution in [0.5, 0.6) is 0 Å². The van der Waals surface area contributed by atoms with Crippen molar-refractivity contribution in [2.75, 3.05) is 26.9 Å². The Morgan fingerprint density at radius 1 is 1.12 bits per heavy atom. The van der Waals surface area contributed by atoms with Crippen molar-refractivity contribution in [2.24, 2.45) is 5.92 Å². The average Bonchev–Trinajstić information content (AvgIpc) is 2.77. The van der Waals surface area contributed by atoms with Crippen LogP contribution in [0.25, 0.3) is 0 Å². The van der Waals surface area contributed by atoms with Crippen LogP contribution in [-0.2, 0) is 24.6 Å². The summed E-state index contributed by atoms with van der Waals surface area (Å²) in [5, 5.41) is 0.424. The Bertz CT molecular complexity index is 816. The number of carbonyl (C=O) groups is 3. The van der Waals surface area contributed by atoms with Crippen molar-refractivity contribution in [2.45, 2.75) is 65.0 Å². The van der Waals surface area contributed by atoms with Gasteiger partial charge < -0.3 is 9.47 Å². The summed E-state index contributed by atoms with van der Waals surface area (Å²) in [5.74, 6) is -0.465. The highest BCUT2D eigenvalue weighted by atomic mass is 35.5. The van der Waals surface area contributed by atoms with E-state index >= 15 is 0 Å². The number of carbonyl (C=O) groups excluding carboxylic acids is 3. The first-order chi connectivity index (χ1) is 15.2. The summed E-state index contributed by atoms with van der Waals surface area (Å²) < 4.78 is 10.6. The normalized spacial score (nSPS) is 19.1. The van der Waals surface area contributed by atoms with E-state index < -0.39 is 30.4 Å². The highest BCUT2D eigenvalue weighted by Gasteiger charge is 2.48. The number of hydrogen-bond donors (Lipinski definition) is 0. The first-order valence-corrected chi connectivity index (χ1v) is 11.7. The second-order valence-electron chi connectivity index (χ2n) is 8.43. The molecule has 0 aliphatic heterocycles. The van der Waals surface area contributed by atoms with Crippen molar-refractivity contribution in [3.63, 3.8) is 0 Å². The summed E-state index contributed by atoms with van der Waals surface area (Å²) in [6.45, 7) is 8.77. The van der Waals surface area contributed by atoms with Gasteiger partial charge in [0.15, 0.2) is 5.78 Å². The van der Waals surface area contributed by atoms with E-state index in [0.717, 1.165) is 12.8 Å². The third-order valence-electron chi connectivity index (χ3n) is 6.28. The first kappa shape index (κ1) is 29.2. The van der Waals surface area contributed by atoms with E-state index in [2.05, 4.69) is 0 Å². The summed E-state index contributed by atoms with van der Waals surface area (Å²) in [6, 6.07) is 6.64. The zero-order chi connectivity index (χ0) is 23.9. The van der Waals surface area contributed by atoms with Gasteiger partial charge in [0, 0.05) is 24.1 Å². The maximum Gasteiger partial charge on any atom is 0.413 e. The van der Waals surface area contributed by atoms with E-state index in [9.17, 15) is 14.4 Å². The molecule has 186 valence electrons. The number of halogens is 2. The molecule has 0 radical (unpaired) electrons. The quantitative estimate of drug-likeness (QED) is 0.347. The van der Waals surface area contributed by atoms with E-state index in [1.165, 1.54) is 11.9 Å². The predicted octanol–water partition coefficient (Wildman–Crippen LogP) is 5.04. The van der Waals surface area contributed by atoms with E-state index in [1.54, 1.807) is 24.3 Å². The zero-order valence-corrected chi connectivity index (χ0v) is 21.7. The molecule has 2 rings (SSSR count). The number of ketones is 1. The molecule has 1 aliphatic rings. The summed E-state index contributed by atoms with van der Waals surface area (Å²) in [4.78, 5) is 42.0. The number of esters is 1. The largest absolute Gasteiger partial charge is 0.427 e. The Morgan fingerprint density at radius 3 is 2.30 bits per heavy atom. The lowest BCUT2D eigenvalue weighted by molar-refractivity contribution is -0.161. The molecule has 7 nitrogen and oxygen atoms in total. The fourth-order valence-corrected chi connectivity index (χ4v) is 4.86. The molecule has 33 heavy (non-hydrogen) atoms. The molecule has 1 saturated carbocycles. The van der Waals surface area contributed by atoms with Gasteiger partial charge in [-0.25, -0.2) is 4.79 Å². The summed E-state index contributed by atoms with van der Waals surface area (Å²) in [7, 11) is 1.53. The Labute approximate surface area is 208 Å². The second kappa shape index (κ2) is 13.2. The fraction of sp³-hybridized carbons (Fsp3) is 0.625. The smallest absolute Gasteiger partial charge is 0.413 e. The third-order valence-corrected chi connectivity index (χ3v) is 6.61. The Balaban J connectivity index is 0.00000544. The van der Waals surface area contributed by atoms with Gasteiger partial charge in [-0.1, -0.05) is 57.5 Å². The highest BCUT2D eigenvalue weighted by Crippen LogP contribution is 2.42. The van der Waals surface area contributed by atoms with Crippen LogP contribution in [0.2, 0.25) is 5.02 Å². The SMILES string of the molecule is CCN(CC)C(C(=O)OCOC(=O)N(C)[C@]1(c2ccccc2Cl)CCCCC1=O)C(C)C.Cl. The monoisotopic (exact) mass is 502 g/mol. The number of nitrogens with zero attached hydrogens (tertiary/aromatic N) is 2. The van der Waals surface area contributed by atoms with Gasteiger partial charge in [0.2, 0.25) is 6.79 Å². The number of amides is 1. The molecule has 0 aromatic heterocycles. The number of hydrogen-bond acceptors (Lipinski definition) is 6. The van der Waals surface area contributed by atoms with Gasteiger partial charge in [-0.3, -0.25) is 19.4 Å². The van der Waals surface area contributed by atoms with Crippen molar-refractivity contribution in [1.82, 2.24) is 9.80 Å². The van der Waals surface area contributed by atoms with E-state index in [1.807, 2.05) is 32.6 Å². The van der Waals surface area contributed by atoms with Crippen LogP contribution < -0.4 is 0 Å². The van der Waals surface area contributed by atoms with Crippen molar-refractivity contribution in [3.05, 3.63) is 34.9 Å². The predicted molar refractivity (Wildman–Crippen MR) is 131 cm³/mol. The Kier molecular flexibility index (Phi) is 11.6. The molecule has 9 heteroatoms. The van der Waals surface area contributed by atoms with Crippen LogP contribution in [0.15, 0.2) is 24.3 Å². The minimum atomic E-state index is -1.20. The Morgan fingerprint density at radius 2 is 1.76 bits per heavy atom. The number of benzene rings is 1. The molecule has 1 unspecified atom stereocenters. The van der Waals surface area contributed by atoms with Crippen LogP contribution in [0, 0.1) is 5.92 Å². The molecule has 1 amide bonds. The molecule has 0 bridgehead atoms. The highest BCUT2D eigenvalue weighted by molar-refractivity contribution is 6.31. The van der Waals surface area contributed by atoms with Crippen LogP contribution in [0.1, 0.15) is 58.9 Å². The van der Waals surface area contributed by atoms with Gasteiger partial charge in [0.05, 0.1) is 0 Å². The average molecular weight is 503 g/mol. The van der Waals surface area contributed by atoms with Crippen molar-refractivity contribution >= 4 is 41.9 Å². The van der Waals surface area contributed by atoms with Gasteiger partial charge in [0.1, 0.15) is 11.6 Å². The molecule has 0 heterocycles. The second-order valence-corrected chi connectivity index (χ2v) is 8.84. The maximum atomic E-state index is 13.1. The van der Waals surface area contributed by atoms with Gasteiger partial charge in [0.25, 0.3) is 0 Å². The fourth-order valence-electron chi connectivity index (χ4n) is 4.57. The molecule has 1 aromatic rings. The van der Waals surface area contributed by atoms with Gasteiger partial charge in [-0.15, -0.1) is 12.4 Å². The van der Waals surface area contributed by atoms with Crippen molar-refractivity contribution < 1.29 is 23.9 Å². The van der Waals surface area contributed by atoms with Gasteiger partial charge >= 0.3 is 12.1 Å². The topological polar surface area (TPSA) is 76.2 Å². The number of likely N-dealkylation sites (N-methyl/N-ethyl adjacent to an activating group) is 2. The Hall–Kier alpha value is -1.83. The maximum absolute atomic E-state index is 13.1. The lowest BCUT2D eigenvalue weighted by atomic mass is 9.74. The van der Waals surface area contributed by atoms with Crippen molar-refractivity contribution in [1.29, 1.82) is 0 Å². The summed E-state index contributed by atoms with van der Waals surface area (Å²) >= 11 is 6.42. The van der Waals surface area contributed by atoms with Gasteiger partial charge in [-0.2, -0.15) is 0 Å². The summed E-state index contributed by atoms with van der Waals surface area (Å²) in [5.41, 5.74) is -0.608. The van der Waals surface area contributed by atoms with E-state index in [4.69, 9.17) is 21.1 Å². The zero-order valence-electron chi connectivity index (χ0n) is 20.1. The number of Topliss-reactive ketones (excluding diaryl/α,β-unsaturated/α-hetero) is 1. The molecule has 0 saturated heterocycles. The molecule has 0 N–H and O–H groups in total. The van der Waals surface area contributed by atoms with Crippen LogP contribution in [0.3, 0.4) is 0 Å². The number of ether oxygens (including phenoxy) is 2. The van der Waals surface area contributed by atoms with E-state index in [0.29, 0.717) is 36.5 Å². The van der Waals surface area contributed by atoms with Crippen molar-refractivity contribution in [3.8, 4) is 0 Å². The lowest BCUT2D eigenvalue weighted by Crippen LogP contribution is -2.54. The molecule has 1 aliphatic carbocycles. The molecular weight excluding hydrogens is 467 g/mol.